The lowest BCUT2D eigenvalue weighted by molar-refractivity contribution is -0.119. The predicted molar refractivity (Wildman–Crippen MR) is 137 cm³/mol. The number of esters is 1. The largest absolute Gasteiger partial charge is 0.452 e. The third-order valence-corrected chi connectivity index (χ3v) is 6.04. The lowest BCUT2D eigenvalue weighted by atomic mass is 9.94. The van der Waals surface area contributed by atoms with Gasteiger partial charge in [0.1, 0.15) is 0 Å². The molecule has 3 amide bonds. The molecule has 1 N–H and O–H groups in total. The van der Waals surface area contributed by atoms with Gasteiger partial charge in [-0.1, -0.05) is 24.3 Å². The van der Waals surface area contributed by atoms with Crippen LogP contribution in [0, 0.1) is 0 Å². The summed E-state index contributed by atoms with van der Waals surface area (Å²) in [4.78, 5) is 63.3. The van der Waals surface area contributed by atoms with E-state index in [1.807, 2.05) is 12.1 Å². The topological polar surface area (TPSA) is 110 Å². The van der Waals surface area contributed by atoms with Crippen LogP contribution >= 0.6 is 0 Å². The maximum atomic E-state index is 13.2. The number of carbonyl (C=O) groups excluding carboxylic acids is 5. The van der Waals surface area contributed by atoms with Crippen molar-refractivity contribution in [2.24, 2.45) is 0 Å². The lowest BCUT2D eigenvalue weighted by Gasteiger charge is -2.27. The highest BCUT2D eigenvalue weighted by Gasteiger charge is 2.33. The SMILES string of the molecule is CC(=O)c1ccc(NC(=O)COC(=O)c2ccc(N3C(=O)c4cccc5cccc(c45)C3=O)cc2)cc1. The van der Waals surface area contributed by atoms with Crippen LogP contribution in [-0.2, 0) is 9.53 Å². The van der Waals surface area contributed by atoms with Crippen molar-refractivity contribution in [1.82, 2.24) is 0 Å². The number of hydrogen-bond donors (Lipinski definition) is 1. The average Bonchev–Trinajstić information content (AvgIpc) is 2.91. The molecule has 8 heteroatoms. The second kappa shape index (κ2) is 9.50. The summed E-state index contributed by atoms with van der Waals surface area (Å²) in [6.45, 7) is 0.931. The number of ketones is 1. The van der Waals surface area contributed by atoms with Crippen LogP contribution in [0.4, 0.5) is 11.4 Å². The first-order valence-corrected chi connectivity index (χ1v) is 11.4. The van der Waals surface area contributed by atoms with Crippen LogP contribution in [0.5, 0.6) is 0 Å². The molecule has 0 radical (unpaired) electrons. The Morgan fingerprint density at radius 3 is 1.89 bits per heavy atom. The molecule has 182 valence electrons. The molecule has 0 spiro atoms. The van der Waals surface area contributed by atoms with E-state index in [-0.39, 0.29) is 11.3 Å². The van der Waals surface area contributed by atoms with Gasteiger partial charge < -0.3 is 10.1 Å². The van der Waals surface area contributed by atoms with Gasteiger partial charge in [0.15, 0.2) is 12.4 Å². The molecule has 0 saturated heterocycles. The molecule has 0 fully saturated rings. The summed E-state index contributed by atoms with van der Waals surface area (Å²) in [5, 5.41) is 4.02. The number of anilines is 2. The number of benzene rings is 4. The molecule has 0 aromatic heterocycles. The molecule has 5 rings (SSSR count). The summed E-state index contributed by atoms with van der Waals surface area (Å²) in [7, 11) is 0. The van der Waals surface area contributed by atoms with Gasteiger partial charge in [-0.2, -0.15) is 0 Å². The van der Waals surface area contributed by atoms with Crippen molar-refractivity contribution in [3.05, 3.63) is 107 Å². The third kappa shape index (κ3) is 4.48. The maximum absolute atomic E-state index is 13.2. The highest BCUT2D eigenvalue weighted by atomic mass is 16.5. The molecule has 1 heterocycles. The Bertz CT molecular complexity index is 1540. The zero-order chi connectivity index (χ0) is 26.1. The fourth-order valence-electron chi connectivity index (χ4n) is 4.21. The van der Waals surface area contributed by atoms with Gasteiger partial charge in [0, 0.05) is 27.8 Å². The van der Waals surface area contributed by atoms with Gasteiger partial charge in [-0.25, -0.2) is 9.69 Å². The highest BCUT2D eigenvalue weighted by molar-refractivity contribution is 6.35. The first-order valence-electron chi connectivity index (χ1n) is 11.4. The van der Waals surface area contributed by atoms with Crippen LogP contribution in [0.2, 0.25) is 0 Å². The van der Waals surface area contributed by atoms with E-state index in [4.69, 9.17) is 4.74 Å². The van der Waals surface area contributed by atoms with E-state index in [9.17, 15) is 24.0 Å². The number of amides is 3. The monoisotopic (exact) mass is 492 g/mol. The van der Waals surface area contributed by atoms with E-state index < -0.39 is 30.3 Å². The zero-order valence-electron chi connectivity index (χ0n) is 19.7. The quantitative estimate of drug-likeness (QED) is 0.239. The second-order valence-corrected chi connectivity index (χ2v) is 8.46. The maximum Gasteiger partial charge on any atom is 0.338 e. The van der Waals surface area contributed by atoms with Gasteiger partial charge in [-0.05, 0) is 73.0 Å². The summed E-state index contributed by atoms with van der Waals surface area (Å²) in [5.74, 6) is -2.26. The second-order valence-electron chi connectivity index (χ2n) is 8.46. The Balaban J connectivity index is 1.25. The zero-order valence-corrected chi connectivity index (χ0v) is 19.7. The predicted octanol–water partition coefficient (Wildman–Crippen LogP) is 4.64. The normalized spacial score (nSPS) is 12.4. The molecule has 0 aliphatic carbocycles. The van der Waals surface area contributed by atoms with Crippen LogP contribution in [-0.4, -0.2) is 36.1 Å². The minimum Gasteiger partial charge on any atom is -0.452 e. The number of nitrogens with zero attached hydrogens (tertiary/aromatic N) is 1. The molecule has 4 aromatic rings. The highest BCUT2D eigenvalue weighted by Crippen LogP contribution is 2.32. The van der Waals surface area contributed by atoms with Crippen LogP contribution in [0.15, 0.2) is 84.9 Å². The summed E-state index contributed by atoms with van der Waals surface area (Å²) in [6, 6.07) is 22.8. The smallest absolute Gasteiger partial charge is 0.338 e. The van der Waals surface area contributed by atoms with Crippen molar-refractivity contribution in [3.63, 3.8) is 0 Å². The number of imide groups is 1. The molecule has 0 unspecified atom stereocenters. The first kappa shape index (κ1) is 23.6. The van der Waals surface area contributed by atoms with E-state index >= 15 is 0 Å². The van der Waals surface area contributed by atoms with Crippen LogP contribution in [0.1, 0.15) is 48.4 Å². The Kier molecular flexibility index (Phi) is 6.07. The Morgan fingerprint density at radius 2 is 1.32 bits per heavy atom. The molecule has 1 aliphatic rings. The van der Waals surface area contributed by atoms with Crippen molar-refractivity contribution in [2.75, 3.05) is 16.8 Å². The molecular weight excluding hydrogens is 472 g/mol. The average molecular weight is 492 g/mol. The van der Waals surface area contributed by atoms with Gasteiger partial charge in [0.25, 0.3) is 17.7 Å². The van der Waals surface area contributed by atoms with Gasteiger partial charge in [0.05, 0.1) is 11.3 Å². The summed E-state index contributed by atoms with van der Waals surface area (Å²) in [6.07, 6.45) is 0. The standard InChI is InChI=1S/C29H20N2O6/c1-17(32)18-8-12-21(13-9-18)30-25(33)16-37-29(36)20-10-14-22(15-11-20)31-27(34)23-6-2-4-19-5-3-7-24(26(19)23)28(31)35/h2-15H,16H2,1H3,(H,30,33). The summed E-state index contributed by atoms with van der Waals surface area (Å²) < 4.78 is 5.08. The number of hydrogen-bond acceptors (Lipinski definition) is 6. The number of Topliss-reactive ketones (excluding diaryl/α,β-unsaturated/α-hetero) is 1. The number of nitrogens with one attached hydrogen (secondary N) is 1. The molecule has 8 nitrogen and oxygen atoms in total. The van der Waals surface area contributed by atoms with Gasteiger partial charge in [0.2, 0.25) is 0 Å². The fraction of sp³-hybridized carbons (Fsp3) is 0.0690. The van der Waals surface area contributed by atoms with Gasteiger partial charge in [-0.15, -0.1) is 0 Å². The van der Waals surface area contributed by atoms with Crippen molar-refractivity contribution < 1.29 is 28.7 Å². The van der Waals surface area contributed by atoms with E-state index in [1.165, 1.54) is 31.2 Å². The van der Waals surface area contributed by atoms with Crippen molar-refractivity contribution >= 4 is 51.6 Å². The Morgan fingerprint density at radius 1 is 0.757 bits per heavy atom. The van der Waals surface area contributed by atoms with E-state index in [0.717, 1.165) is 10.3 Å². The summed E-state index contributed by atoms with van der Waals surface area (Å²) >= 11 is 0. The molecule has 37 heavy (non-hydrogen) atoms. The Hall–Kier alpha value is -5.11. The summed E-state index contributed by atoms with van der Waals surface area (Å²) in [5.41, 5.74) is 2.30. The van der Waals surface area contributed by atoms with Crippen LogP contribution in [0.25, 0.3) is 10.8 Å². The molecular formula is C29H20N2O6. The minimum atomic E-state index is -0.736. The van der Waals surface area contributed by atoms with E-state index in [2.05, 4.69) is 5.32 Å². The molecule has 4 aromatic carbocycles. The third-order valence-electron chi connectivity index (χ3n) is 6.04. The van der Waals surface area contributed by atoms with Crippen LogP contribution in [0.3, 0.4) is 0 Å². The van der Waals surface area contributed by atoms with Crippen molar-refractivity contribution in [1.29, 1.82) is 0 Å². The van der Waals surface area contributed by atoms with Gasteiger partial charge >= 0.3 is 5.97 Å². The number of carbonyl (C=O) groups is 5. The van der Waals surface area contributed by atoms with Crippen LogP contribution < -0.4 is 10.2 Å². The lowest BCUT2D eigenvalue weighted by Crippen LogP contribution is -2.40. The molecule has 0 saturated carbocycles. The first-order chi connectivity index (χ1) is 17.8. The molecule has 0 bridgehead atoms. The molecule has 0 atom stereocenters. The Labute approximate surface area is 211 Å². The minimum absolute atomic E-state index is 0.0889. The molecule has 1 aliphatic heterocycles. The van der Waals surface area contributed by atoms with E-state index in [0.29, 0.717) is 33.5 Å². The van der Waals surface area contributed by atoms with Gasteiger partial charge in [-0.3, -0.25) is 19.2 Å². The number of ether oxygens (including phenoxy) is 1. The van der Waals surface area contributed by atoms with E-state index in [1.54, 1.807) is 48.5 Å². The number of rotatable bonds is 6. The fourth-order valence-corrected chi connectivity index (χ4v) is 4.21. The van der Waals surface area contributed by atoms with Crippen molar-refractivity contribution in [3.8, 4) is 0 Å². The van der Waals surface area contributed by atoms with Crippen molar-refractivity contribution in [2.45, 2.75) is 6.92 Å².